The molecule has 0 aromatic rings. The highest BCUT2D eigenvalue weighted by Gasteiger charge is 2.23. The summed E-state index contributed by atoms with van der Waals surface area (Å²) in [6.07, 6.45) is -0.119. The van der Waals surface area contributed by atoms with Crippen LogP contribution in [-0.4, -0.2) is 32.4 Å². The molecule has 0 amide bonds. The van der Waals surface area contributed by atoms with Crippen LogP contribution in [0.25, 0.3) is 0 Å². The molecule has 0 aromatic carbocycles. The van der Waals surface area contributed by atoms with E-state index in [2.05, 4.69) is 0 Å². The molecule has 0 aliphatic rings. The van der Waals surface area contributed by atoms with Crippen molar-refractivity contribution >= 4 is 19.2 Å². The predicted octanol–water partition coefficient (Wildman–Crippen LogP) is 2.40. The van der Waals surface area contributed by atoms with Gasteiger partial charge in [-0.05, 0) is 13.8 Å². The molecule has 14 heavy (non-hydrogen) atoms. The third-order valence-electron chi connectivity index (χ3n) is 1.14. The molecule has 0 N–H and O–H groups in total. The van der Waals surface area contributed by atoms with E-state index >= 15 is 0 Å². The van der Waals surface area contributed by atoms with Crippen LogP contribution in [-0.2, 0) is 23.1 Å². The Balaban J connectivity index is 3.78. The third kappa shape index (κ3) is 6.76. The van der Waals surface area contributed by atoms with E-state index in [-0.39, 0.29) is 19.2 Å². The lowest BCUT2D eigenvalue weighted by Gasteiger charge is -2.16. The van der Waals surface area contributed by atoms with Crippen molar-refractivity contribution in [2.45, 2.75) is 13.8 Å². The summed E-state index contributed by atoms with van der Waals surface area (Å²) in [5.74, 6) is 0. The summed E-state index contributed by atoms with van der Waals surface area (Å²) in [6, 6.07) is 0.0353. The topological polar surface area (TPSA) is 54.0 Å². The maximum absolute atomic E-state index is 11.7. The first-order valence-electron chi connectivity index (χ1n) is 4.28. The molecule has 0 aliphatic carbocycles. The number of ether oxygens (including phenoxy) is 2. The summed E-state index contributed by atoms with van der Waals surface area (Å²) >= 11 is 5.24. The average molecular weight is 247 g/mol. The Labute approximate surface area is 89.1 Å². The fourth-order valence-electron chi connectivity index (χ4n) is 0.745. The summed E-state index contributed by atoms with van der Waals surface area (Å²) in [6.45, 7) is 4.09. The van der Waals surface area contributed by atoms with Crippen LogP contribution in [0.5, 0.6) is 0 Å². The molecule has 0 saturated heterocycles. The van der Waals surface area contributed by atoms with E-state index in [4.69, 9.17) is 30.1 Å². The average Bonchev–Trinajstić information content (AvgIpc) is 2.13. The minimum Gasteiger partial charge on any atom is -0.343 e. The molecule has 7 heteroatoms. The van der Waals surface area contributed by atoms with Crippen LogP contribution in [0.15, 0.2) is 0 Å². The van der Waals surface area contributed by atoms with Gasteiger partial charge in [0.25, 0.3) is 0 Å². The molecule has 0 spiro atoms. The number of halogens is 1. The van der Waals surface area contributed by atoms with Gasteiger partial charge in [0.05, 0.1) is 13.2 Å². The van der Waals surface area contributed by atoms with Crippen molar-refractivity contribution in [2.24, 2.45) is 0 Å². The van der Waals surface area contributed by atoms with E-state index in [9.17, 15) is 4.57 Å². The van der Waals surface area contributed by atoms with E-state index in [0.717, 1.165) is 0 Å². The summed E-state index contributed by atoms with van der Waals surface area (Å²) in [5.41, 5.74) is 0. The molecule has 0 aromatic heterocycles. The zero-order chi connectivity index (χ0) is 10.9. The zero-order valence-electron chi connectivity index (χ0n) is 8.40. The third-order valence-corrected chi connectivity index (χ3v) is 3.10. The SMILES string of the molecule is CCOP(=O)(COCOCCl)OCC. The molecule has 0 rings (SSSR count). The van der Waals surface area contributed by atoms with Crippen LogP contribution in [0.3, 0.4) is 0 Å². The van der Waals surface area contributed by atoms with E-state index in [1.165, 1.54) is 0 Å². The Kier molecular flexibility index (Phi) is 8.87. The molecule has 0 fully saturated rings. The highest BCUT2D eigenvalue weighted by Crippen LogP contribution is 2.47. The number of alkyl halides is 1. The van der Waals surface area contributed by atoms with Crippen molar-refractivity contribution in [3.05, 3.63) is 0 Å². The van der Waals surface area contributed by atoms with Gasteiger partial charge in [-0.3, -0.25) is 4.57 Å². The summed E-state index contributed by atoms with van der Waals surface area (Å²) < 4.78 is 31.3. The van der Waals surface area contributed by atoms with Gasteiger partial charge in [-0.25, -0.2) is 0 Å². The first-order valence-corrected chi connectivity index (χ1v) is 6.54. The van der Waals surface area contributed by atoms with Gasteiger partial charge in [0.1, 0.15) is 12.9 Å². The Morgan fingerprint density at radius 1 is 1.14 bits per heavy atom. The van der Waals surface area contributed by atoms with Crippen molar-refractivity contribution in [1.82, 2.24) is 0 Å². The Morgan fingerprint density at radius 2 is 1.71 bits per heavy atom. The molecule has 5 nitrogen and oxygen atoms in total. The smallest absolute Gasteiger partial charge is 0.343 e. The molecule has 86 valence electrons. The fraction of sp³-hybridized carbons (Fsp3) is 1.00. The molecule has 0 saturated carbocycles. The second-order valence-electron chi connectivity index (χ2n) is 2.21. The molecule has 0 unspecified atom stereocenters. The Morgan fingerprint density at radius 3 is 2.14 bits per heavy atom. The van der Waals surface area contributed by atoms with Crippen LogP contribution in [0.2, 0.25) is 0 Å². The molecule has 0 heterocycles. The van der Waals surface area contributed by atoms with Crippen LogP contribution < -0.4 is 0 Å². The van der Waals surface area contributed by atoms with Crippen molar-refractivity contribution < 1.29 is 23.1 Å². The highest BCUT2D eigenvalue weighted by atomic mass is 35.5. The van der Waals surface area contributed by atoms with E-state index in [1.54, 1.807) is 13.8 Å². The normalized spacial score (nSPS) is 11.9. The minimum atomic E-state index is -3.10. The van der Waals surface area contributed by atoms with Crippen molar-refractivity contribution in [1.29, 1.82) is 0 Å². The summed E-state index contributed by atoms with van der Waals surface area (Å²) in [7, 11) is -3.10. The Hall–Kier alpha value is 0.360. The lowest BCUT2D eigenvalue weighted by atomic mass is 10.9. The lowest BCUT2D eigenvalue weighted by molar-refractivity contribution is -0.0267. The van der Waals surface area contributed by atoms with Crippen molar-refractivity contribution in [2.75, 3.05) is 32.4 Å². The molecule has 0 atom stereocenters. The quantitative estimate of drug-likeness (QED) is 0.271. The van der Waals surface area contributed by atoms with Gasteiger partial charge < -0.3 is 18.5 Å². The van der Waals surface area contributed by atoms with Crippen molar-refractivity contribution in [3.63, 3.8) is 0 Å². The standard InChI is InChI=1S/C7H16ClO5P/c1-3-12-14(9,13-4-2)7-11-6-10-5-8/h3-7H2,1-2H3. The lowest BCUT2D eigenvalue weighted by Crippen LogP contribution is -2.05. The monoisotopic (exact) mass is 246 g/mol. The number of rotatable bonds is 9. The molecular weight excluding hydrogens is 230 g/mol. The van der Waals surface area contributed by atoms with Gasteiger partial charge in [-0.2, -0.15) is 0 Å². The van der Waals surface area contributed by atoms with Gasteiger partial charge in [0, 0.05) is 0 Å². The largest absolute Gasteiger partial charge is 0.356 e. The first kappa shape index (κ1) is 14.4. The molecule has 0 aliphatic heterocycles. The van der Waals surface area contributed by atoms with Crippen LogP contribution in [0.1, 0.15) is 13.8 Å². The van der Waals surface area contributed by atoms with Crippen LogP contribution in [0, 0.1) is 0 Å². The maximum atomic E-state index is 11.7. The molecule has 0 radical (unpaired) electrons. The van der Waals surface area contributed by atoms with Gasteiger partial charge >= 0.3 is 7.60 Å². The minimum absolute atomic E-state index is 0.0202. The maximum Gasteiger partial charge on any atom is 0.356 e. The van der Waals surface area contributed by atoms with Gasteiger partial charge in [-0.15, -0.1) is 0 Å². The van der Waals surface area contributed by atoms with E-state index < -0.39 is 7.60 Å². The van der Waals surface area contributed by atoms with Gasteiger partial charge in [-0.1, -0.05) is 11.6 Å². The van der Waals surface area contributed by atoms with E-state index in [0.29, 0.717) is 13.2 Å². The van der Waals surface area contributed by atoms with E-state index in [1.807, 2.05) is 0 Å². The predicted molar refractivity (Wildman–Crippen MR) is 53.5 cm³/mol. The number of hydrogen-bond acceptors (Lipinski definition) is 5. The second kappa shape index (κ2) is 8.65. The summed E-state index contributed by atoms with van der Waals surface area (Å²) in [4.78, 5) is 0. The van der Waals surface area contributed by atoms with Crippen LogP contribution in [0.4, 0.5) is 0 Å². The van der Waals surface area contributed by atoms with Crippen molar-refractivity contribution in [3.8, 4) is 0 Å². The molecule has 0 bridgehead atoms. The number of hydrogen-bond donors (Lipinski definition) is 0. The highest BCUT2D eigenvalue weighted by molar-refractivity contribution is 7.53. The van der Waals surface area contributed by atoms with Gasteiger partial charge in [0.15, 0.2) is 6.35 Å². The van der Waals surface area contributed by atoms with Crippen LogP contribution >= 0.6 is 19.2 Å². The fourth-order valence-corrected chi connectivity index (χ4v) is 2.12. The van der Waals surface area contributed by atoms with Gasteiger partial charge in [0.2, 0.25) is 0 Å². The summed E-state index contributed by atoms with van der Waals surface area (Å²) in [5, 5.41) is 0. The Bertz CT molecular complexity index is 167. The molecular formula is C7H16ClO5P. The first-order chi connectivity index (χ1) is 6.68. The zero-order valence-corrected chi connectivity index (χ0v) is 10.1. The second-order valence-corrected chi connectivity index (χ2v) is 4.43.